The van der Waals surface area contributed by atoms with Crippen molar-refractivity contribution in [1.29, 1.82) is 0 Å². The van der Waals surface area contributed by atoms with E-state index >= 15 is 0 Å². The summed E-state index contributed by atoms with van der Waals surface area (Å²) in [6.45, 7) is 10.5. The van der Waals surface area contributed by atoms with Gasteiger partial charge in [-0.2, -0.15) is 0 Å². The van der Waals surface area contributed by atoms with Gasteiger partial charge in [0.2, 0.25) is 0 Å². The highest BCUT2D eigenvalue weighted by molar-refractivity contribution is 5.45. The second-order valence-corrected chi connectivity index (χ2v) is 6.17. The zero-order valence-corrected chi connectivity index (χ0v) is 10.6. The Bertz CT molecular complexity index is 365. The number of hydrogen-bond donors (Lipinski definition) is 1. The summed E-state index contributed by atoms with van der Waals surface area (Å²) in [6, 6.07) is 4.25. The summed E-state index contributed by atoms with van der Waals surface area (Å²) in [5.41, 5.74) is 7.38. The summed E-state index contributed by atoms with van der Waals surface area (Å²) in [4.78, 5) is 6.72. The summed E-state index contributed by atoms with van der Waals surface area (Å²) in [7, 11) is 0. The number of rotatable bonds is 1. The average Bonchev–Trinajstić information content (AvgIpc) is 2.13. The molecule has 1 aromatic rings. The Morgan fingerprint density at radius 1 is 1.31 bits per heavy atom. The molecule has 0 unspecified atom stereocenters. The first-order valence-electron chi connectivity index (χ1n) is 5.78. The predicted octanol–water partition coefficient (Wildman–Crippen LogP) is 1.92. The lowest BCUT2D eigenvalue weighted by molar-refractivity contribution is 0.363. The molecule has 0 spiro atoms. The minimum absolute atomic E-state index is 0.0373. The van der Waals surface area contributed by atoms with Gasteiger partial charge in [0.05, 0.1) is 0 Å². The van der Waals surface area contributed by atoms with E-state index in [1.54, 1.807) is 0 Å². The molecule has 0 amide bonds. The average molecular weight is 219 g/mol. The van der Waals surface area contributed by atoms with E-state index in [2.05, 4.69) is 49.7 Å². The van der Waals surface area contributed by atoms with Gasteiger partial charge in [0.25, 0.3) is 0 Å². The van der Waals surface area contributed by atoms with Crippen LogP contribution in [0.3, 0.4) is 0 Å². The lowest BCUT2D eigenvalue weighted by atomic mass is 9.88. The minimum atomic E-state index is -0.0373. The van der Waals surface area contributed by atoms with Gasteiger partial charge in [-0.1, -0.05) is 26.8 Å². The van der Waals surface area contributed by atoms with Gasteiger partial charge in [0, 0.05) is 24.8 Å². The summed E-state index contributed by atoms with van der Waals surface area (Å²) in [5.74, 6) is 1.04. The van der Waals surface area contributed by atoms with Crippen molar-refractivity contribution < 1.29 is 0 Å². The van der Waals surface area contributed by atoms with E-state index in [-0.39, 0.29) is 11.0 Å². The van der Waals surface area contributed by atoms with E-state index in [0.29, 0.717) is 0 Å². The smallest absolute Gasteiger partial charge is 0.128 e. The maximum atomic E-state index is 5.98. The maximum Gasteiger partial charge on any atom is 0.128 e. The topological polar surface area (TPSA) is 42.1 Å². The lowest BCUT2D eigenvalue weighted by Crippen LogP contribution is -2.65. The standard InChI is InChI=1S/C13H21N3/c1-12(2,3)10-5-6-11(15-7-10)16-8-13(4,14)9-16/h5-7H,8-9,14H2,1-4H3. The molecule has 1 aromatic heterocycles. The van der Waals surface area contributed by atoms with Crippen LogP contribution >= 0.6 is 0 Å². The van der Waals surface area contributed by atoms with E-state index < -0.39 is 0 Å². The van der Waals surface area contributed by atoms with Crippen LogP contribution in [0.4, 0.5) is 5.82 Å². The molecule has 1 saturated heterocycles. The Kier molecular flexibility index (Phi) is 2.46. The molecular weight excluding hydrogens is 198 g/mol. The summed E-state index contributed by atoms with van der Waals surface area (Å²) >= 11 is 0. The fourth-order valence-corrected chi connectivity index (χ4v) is 2.00. The quantitative estimate of drug-likeness (QED) is 0.784. The molecule has 1 fully saturated rings. The molecule has 2 N–H and O–H groups in total. The van der Waals surface area contributed by atoms with Crippen molar-refractivity contribution in [2.24, 2.45) is 5.73 Å². The number of hydrogen-bond acceptors (Lipinski definition) is 3. The second-order valence-electron chi connectivity index (χ2n) is 6.17. The van der Waals surface area contributed by atoms with E-state index in [0.717, 1.165) is 18.9 Å². The van der Waals surface area contributed by atoms with Crippen LogP contribution in [0.25, 0.3) is 0 Å². The molecule has 2 heterocycles. The molecule has 1 aliphatic heterocycles. The van der Waals surface area contributed by atoms with E-state index in [1.165, 1.54) is 5.56 Å². The van der Waals surface area contributed by atoms with Crippen LogP contribution < -0.4 is 10.6 Å². The number of pyridine rings is 1. The fourth-order valence-electron chi connectivity index (χ4n) is 2.00. The molecule has 2 rings (SSSR count). The van der Waals surface area contributed by atoms with Crippen molar-refractivity contribution >= 4 is 5.82 Å². The third kappa shape index (κ3) is 2.19. The number of aromatic nitrogens is 1. The van der Waals surface area contributed by atoms with E-state index in [9.17, 15) is 0 Å². The van der Waals surface area contributed by atoms with Crippen LogP contribution in [0.2, 0.25) is 0 Å². The highest BCUT2D eigenvalue weighted by atomic mass is 15.3. The molecule has 0 radical (unpaired) electrons. The van der Waals surface area contributed by atoms with Gasteiger partial charge in [-0.05, 0) is 24.0 Å². The molecular formula is C13H21N3. The van der Waals surface area contributed by atoms with Crippen LogP contribution in [0.5, 0.6) is 0 Å². The molecule has 1 aliphatic rings. The molecule has 0 atom stereocenters. The van der Waals surface area contributed by atoms with Crippen LogP contribution in [0.1, 0.15) is 33.3 Å². The van der Waals surface area contributed by atoms with Gasteiger partial charge in [-0.3, -0.25) is 0 Å². The van der Waals surface area contributed by atoms with Crippen LogP contribution in [0, 0.1) is 0 Å². The molecule has 0 bridgehead atoms. The Morgan fingerprint density at radius 2 is 1.94 bits per heavy atom. The van der Waals surface area contributed by atoms with Crippen molar-refractivity contribution in [1.82, 2.24) is 4.98 Å². The Balaban J connectivity index is 2.10. The van der Waals surface area contributed by atoms with Crippen molar-refractivity contribution in [3.8, 4) is 0 Å². The molecule has 0 aliphatic carbocycles. The molecule has 88 valence electrons. The largest absolute Gasteiger partial charge is 0.353 e. The third-order valence-electron chi connectivity index (χ3n) is 3.04. The lowest BCUT2D eigenvalue weighted by Gasteiger charge is -2.46. The highest BCUT2D eigenvalue weighted by Gasteiger charge is 2.35. The molecule has 0 saturated carbocycles. The number of nitrogens with two attached hydrogens (primary N) is 1. The van der Waals surface area contributed by atoms with Crippen molar-refractivity contribution in [2.75, 3.05) is 18.0 Å². The van der Waals surface area contributed by atoms with Crippen LogP contribution in [-0.4, -0.2) is 23.6 Å². The van der Waals surface area contributed by atoms with Gasteiger partial charge in [-0.25, -0.2) is 4.98 Å². The van der Waals surface area contributed by atoms with Crippen molar-refractivity contribution in [3.63, 3.8) is 0 Å². The van der Waals surface area contributed by atoms with Gasteiger partial charge >= 0.3 is 0 Å². The van der Waals surface area contributed by atoms with Crippen LogP contribution in [0.15, 0.2) is 18.3 Å². The highest BCUT2D eigenvalue weighted by Crippen LogP contribution is 2.26. The molecule has 16 heavy (non-hydrogen) atoms. The molecule has 3 nitrogen and oxygen atoms in total. The summed E-state index contributed by atoms with van der Waals surface area (Å²) in [6.07, 6.45) is 1.97. The summed E-state index contributed by atoms with van der Waals surface area (Å²) < 4.78 is 0. The Morgan fingerprint density at radius 3 is 2.31 bits per heavy atom. The van der Waals surface area contributed by atoms with Gasteiger partial charge < -0.3 is 10.6 Å². The number of anilines is 1. The first-order chi connectivity index (χ1) is 7.28. The van der Waals surface area contributed by atoms with Crippen molar-refractivity contribution in [2.45, 2.75) is 38.6 Å². The van der Waals surface area contributed by atoms with Gasteiger partial charge in [0.15, 0.2) is 0 Å². The third-order valence-corrected chi connectivity index (χ3v) is 3.04. The second kappa shape index (κ2) is 3.45. The Labute approximate surface area is 97.7 Å². The molecule has 0 aromatic carbocycles. The van der Waals surface area contributed by atoms with Gasteiger partial charge in [0.1, 0.15) is 5.82 Å². The number of nitrogens with zero attached hydrogens (tertiary/aromatic N) is 2. The van der Waals surface area contributed by atoms with Crippen molar-refractivity contribution in [3.05, 3.63) is 23.9 Å². The fraction of sp³-hybridized carbons (Fsp3) is 0.615. The molecule has 3 heteroatoms. The normalized spacial score (nSPS) is 19.4. The maximum absolute atomic E-state index is 5.98. The SMILES string of the molecule is CC1(N)CN(c2ccc(C(C)(C)C)cn2)C1. The zero-order valence-electron chi connectivity index (χ0n) is 10.6. The van der Waals surface area contributed by atoms with E-state index in [1.807, 2.05) is 6.20 Å². The zero-order chi connectivity index (χ0) is 12.0. The first-order valence-corrected chi connectivity index (χ1v) is 5.78. The van der Waals surface area contributed by atoms with Crippen LogP contribution in [-0.2, 0) is 5.41 Å². The minimum Gasteiger partial charge on any atom is -0.353 e. The summed E-state index contributed by atoms with van der Waals surface area (Å²) in [5, 5.41) is 0. The monoisotopic (exact) mass is 219 g/mol. The van der Waals surface area contributed by atoms with Gasteiger partial charge in [-0.15, -0.1) is 0 Å². The first kappa shape index (κ1) is 11.4. The predicted molar refractivity (Wildman–Crippen MR) is 67.7 cm³/mol. The van der Waals surface area contributed by atoms with E-state index in [4.69, 9.17) is 5.73 Å². The Hall–Kier alpha value is -1.09.